The molecule has 24 heavy (non-hydrogen) atoms. The topological polar surface area (TPSA) is 38.3 Å². The number of carbonyl (C=O) groups excluding carboxylic acids is 1. The predicted molar refractivity (Wildman–Crippen MR) is 107 cm³/mol. The summed E-state index contributed by atoms with van der Waals surface area (Å²) in [6.07, 6.45) is 1.91. The first-order valence-corrected chi connectivity index (χ1v) is 9.14. The molecule has 1 aromatic carbocycles. The van der Waals surface area contributed by atoms with Gasteiger partial charge in [-0.2, -0.15) is 0 Å². The summed E-state index contributed by atoms with van der Waals surface area (Å²) >= 11 is 6.38. The van der Waals surface area contributed by atoms with Gasteiger partial charge < -0.3 is 10.1 Å². The van der Waals surface area contributed by atoms with Crippen molar-refractivity contribution in [2.45, 2.75) is 52.4 Å². The molecule has 1 fully saturated rings. The fourth-order valence-electron chi connectivity index (χ4n) is 2.64. The standard InChI is InChI=1S/C19H25NO2S2/c1-18(2,3)12-8-11(10-14-16(21)20-17(23)24-14)9-13(15(12)22-7)19(4,5)6/h8-10H,1-7H3,(H,20,21,23). The van der Waals surface area contributed by atoms with Gasteiger partial charge in [0, 0.05) is 11.1 Å². The first-order chi connectivity index (χ1) is 10.9. The lowest BCUT2D eigenvalue weighted by molar-refractivity contribution is -0.115. The molecule has 2 rings (SSSR count). The Morgan fingerprint density at radius 1 is 1.08 bits per heavy atom. The molecule has 1 amide bonds. The number of benzene rings is 1. The van der Waals surface area contributed by atoms with E-state index in [1.807, 2.05) is 6.08 Å². The number of rotatable bonds is 2. The normalized spacial score (nSPS) is 17.4. The predicted octanol–water partition coefficient (Wildman–Crippen LogP) is 4.78. The first kappa shape index (κ1) is 19.0. The molecule has 0 bridgehead atoms. The van der Waals surface area contributed by atoms with Crippen LogP contribution in [0.3, 0.4) is 0 Å². The second-order valence-corrected chi connectivity index (χ2v) is 9.72. The lowest BCUT2D eigenvalue weighted by Gasteiger charge is -2.29. The maximum absolute atomic E-state index is 12.0. The molecule has 0 saturated carbocycles. The highest BCUT2D eigenvalue weighted by Crippen LogP contribution is 2.41. The minimum absolute atomic E-state index is 0.0692. The number of nitrogens with one attached hydrogen (secondary N) is 1. The molecule has 0 aliphatic carbocycles. The van der Waals surface area contributed by atoms with Gasteiger partial charge in [0.15, 0.2) is 0 Å². The monoisotopic (exact) mass is 363 g/mol. The highest BCUT2D eigenvalue weighted by Gasteiger charge is 2.28. The molecule has 1 aromatic rings. The second kappa shape index (κ2) is 6.52. The highest BCUT2D eigenvalue weighted by atomic mass is 32.2. The van der Waals surface area contributed by atoms with Crippen LogP contribution in [-0.4, -0.2) is 17.3 Å². The van der Waals surface area contributed by atoms with E-state index in [2.05, 4.69) is 59.0 Å². The molecule has 5 heteroatoms. The molecule has 1 aliphatic heterocycles. The SMILES string of the molecule is COc1c(C(C)(C)C)cc(C=C2SC(=S)NC2=O)cc1C(C)(C)C. The number of ether oxygens (including phenoxy) is 1. The van der Waals surface area contributed by atoms with Gasteiger partial charge in [-0.15, -0.1) is 0 Å². The van der Waals surface area contributed by atoms with Crippen LogP contribution in [-0.2, 0) is 15.6 Å². The second-order valence-electron chi connectivity index (χ2n) is 8.00. The van der Waals surface area contributed by atoms with Crippen molar-refractivity contribution >= 4 is 40.3 Å². The summed E-state index contributed by atoms with van der Waals surface area (Å²) in [5.74, 6) is 0.798. The highest BCUT2D eigenvalue weighted by molar-refractivity contribution is 8.26. The van der Waals surface area contributed by atoms with Crippen LogP contribution < -0.4 is 10.1 Å². The molecular weight excluding hydrogens is 338 g/mol. The van der Waals surface area contributed by atoms with Gasteiger partial charge >= 0.3 is 0 Å². The lowest BCUT2D eigenvalue weighted by atomic mass is 9.78. The summed E-state index contributed by atoms with van der Waals surface area (Å²) in [6.45, 7) is 13.0. The molecule has 3 nitrogen and oxygen atoms in total. The Kier molecular flexibility index (Phi) is 5.17. The van der Waals surface area contributed by atoms with Crippen molar-refractivity contribution in [2.24, 2.45) is 0 Å². The average Bonchev–Trinajstić information content (AvgIpc) is 2.74. The van der Waals surface area contributed by atoms with Gasteiger partial charge in [-0.25, -0.2) is 0 Å². The van der Waals surface area contributed by atoms with Crippen molar-refractivity contribution < 1.29 is 9.53 Å². The Bertz CT molecular complexity index is 687. The summed E-state index contributed by atoms with van der Waals surface area (Å²) < 4.78 is 6.27. The maximum Gasteiger partial charge on any atom is 0.263 e. The van der Waals surface area contributed by atoms with Crippen LogP contribution in [0.5, 0.6) is 5.75 Å². The van der Waals surface area contributed by atoms with Gasteiger partial charge in [0.1, 0.15) is 10.1 Å². The Hall–Kier alpha value is -1.33. The molecule has 0 spiro atoms. The lowest BCUT2D eigenvalue weighted by Crippen LogP contribution is -2.19. The number of carbonyl (C=O) groups is 1. The average molecular weight is 364 g/mol. The zero-order valence-corrected chi connectivity index (χ0v) is 17.0. The summed E-state index contributed by atoms with van der Waals surface area (Å²) in [7, 11) is 1.72. The van der Waals surface area contributed by atoms with Gasteiger partial charge in [-0.3, -0.25) is 4.79 Å². The maximum atomic E-state index is 12.0. The number of thioether (sulfide) groups is 1. The molecule has 1 heterocycles. The number of hydrogen-bond acceptors (Lipinski definition) is 4. The van der Waals surface area contributed by atoms with E-state index in [-0.39, 0.29) is 16.7 Å². The van der Waals surface area contributed by atoms with E-state index < -0.39 is 0 Å². The molecular formula is C19H25NO2S2. The minimum Gasteiger partial charge on any atom is -0.496 e. The van der Waals surface area contributed by atoms with E-state index >= 15 is 0 Å². The quantitative estimate of drug-likeness (QED) is 0.606. The molecule has 0 radical (unpaired) electrons. The van der Waals surface area contributed by atoms with Crippen molar-refractivity contribution in [3.05, 3.63) is 33.7 Å². The molecule has 0 aromatic heterocycles. The van der Waals surface area contributed by atoms with E-state index in [1.165, 1.54) is 11.8 Å². The van der Waals surface area contributed by atoms with Gasteiger partial charge in [0.25, 0.3) is 5.91 Å². The number of hydrogen-bond donors (Lipinski definition) is 1. The third kappa shape index (κ3) is 4.01. The van der Waals surface area contributed by atoms with Crippen molar-refractivity contribution in [3.8, 4) is 5.75 Å². The molecule has 1 N–H and O–H groups in total. The first-order valence-electron chi connectivity index (χ1n) is 7.91. The van der Waals surface area contributed by atoms with Gasteiger partial charge in [-0.05, 0) is 34.6 Å². The van der Waals surface area contributed by atoms with Crippen LogP contribution in [0.1, 0.15) is 58.2 Å². The largest absolute Gasteiger partial charge is 0.496 e. The fraction of sp³-hybridized carbons (Fsp3) is 0.474. The van der Waals surface area contributed by atoms with E-state index in [0.29, 0.717) is 9.23 Å². The van der Waals surface area contributed by atoms with Crippen LogP contribution >= 0.6 is 24.0 Å². The van der Waals surface area contributed by atoms with Crippen LogP contribution in [0.25, 0.3) is 6.08 Å². The number of thiocarbonyl (C=S) groups is 1. The summed E-state index contributed by atoms with van der Waals surface area (Å²) in [5, 5.41) is 2.66. The minimum atomic E-state index is -0.129. The van der Waals surface area contributed by atoms with E-state index in [0.717, 1.165) is 22.4 Å². The zero-order chi connectivity index (χ0) is 18.3. The van der Waals surface area contributed by atoms with Crippen molar-refractivity contribution in [1.82, 2.24) is 5.32 Å². The van der Waals surface area contributed by atoms with Crippen LogP contribution in [0.2, 0.25) is 0 Å². The van der Waals surface area contributed by atoms with Crippen LogP contribution in [0.4, 0.5) is 0 Å². The van der Waals surface area contributed by atoms with Crippen LogP contribution in [0.15, 0.2) is 17.0 Å². The summed E-state index contributed by atoms with van der Waals surface area (Å²) in [4.78, 5) is 12.6. The van der Waals surface area contributed by atoms with Crippen molar-refractivity contribution in [1.29, 1.82) is 0 Å². The van der Waals surface area contributed by atoms with E-state index in [4.69, 9.17) is 17.0 Å². The van der Waals surface area contributed by atoms with Crippen LogP contribution in [0, 0.1) is 0 Å². The summed E-state index contributed by atoms with van der Waals surface area (Å²) in [6, 6.07) is 4.21. The van der Waals surface area contributed by atoms with Gasteiger partial charge in [0.05, 0.1) is 12.0 Å². The molecule has 1 aliphatic rings. The van der Waals surface area contributed by atoms with Gasteiger partial charge in [0.2, 0.25) is 0 Å². The van der Waals surface area contributed by atoms with E-state index in [9.17, 15) is 4.79 Å². The van der Waals surface area contributed by atoms with Crippen molar-refractivity contribution in [3.63, 3.8) is 0 Å². The third-order valence-corrected chi connectivity index (χ3v) is 5.03. The van der Waals surface area contributed by atoms with E-state index in [1.54, 1.807) is 7.11 Å². The number of amides is 1. The Morgan fingerprint density at radius 3 is 1.92 bits per heavy atom. The summed E-state index contributed by atoms with van der Waals surface area (Å²) in [5.41, 5.74) is 3.12. The van der Waals surface area contributed by atoms with Crippen molar-refractivity contribution in [2.75, 3.05) is 7.11 Å². The number of methoxy groups -OCH3 is 1. The fourth-order valence-corrected chi connectivity index (χ4v) is 3.69. The smallest absolute Gasteiger partial charge is 0.263 e. The zero-order valence-electron chi connectivity index (χ0n) is 15.4. The molecule has 0 atom stereocenters. The molecule has 0 unspecified atom stereocenters. The third-order valence-electron chi connectivity index (χ3n) is 3.87. The Morgan fingerprint density at radius 2 is 1.58 bits per heavy atom. The Balaban J connectivity index is 2.68. The van der Waals surface area contributed by atoms with Gasteiger partial charge in [-0.1, -0.05) is 65.5 Å². The molecule has 130 valence electrons. The Labute approximate surface area is 154 Å². The molecule has 1 saturated heterocycles.